The van der Waals surface area contributed by atoms with Crippen LogP contribution in [0.5, 0.6) is 0 Å². The van der Waals surface area contributed by atoms with E-state index >= 15 is 0 Å². The first kappa shape index (κ1) is 15.8. The summed E-state index contributed by atoms with van der Waals surface area (Å²) in [6, 6.07) is 32.7. The molecule has 5 rings (SSSR count). The maximum absolute atomic E-state index is 13.5. The van der Waals surface area contributed by atoms with Gasteiger partial charge in [-0.1, -0.05) is 84.9 Å². The Morgan fingerprint density at radius 1 is 0.741 bits per heavy atom. The highest BCUT2D eigenvalue weighted by Gasteiger charge is 2.33. The fraction of sp³-hybridized carbons (Fsp3) is 0.0800. The second-order valence-corrected chi connectivity index (χ2v) is 6.96. The van der Waals surface area contributed by atoms with E-state index in [-0.39, 0.29) is 11.8 Å². The average molecular weight is 349 g/mol. The molecule has 1 aliphatic heterocycles. The van der Waals surface area contributed by atoms with Crippen LogP contribution in [0, 0.1) is 0 Å². The molecule has 2 nitrogen and oxygen atoms in total. The van der Waals surface area contributed by atoms with Crippen molar-refractivity contribution < 1.29 is 4.79 Å². The van der Waals surface area contributed by atoms with Crippen LogP contribution in [0.4, 0.5) is 5.69 Å². The molecule has 130 valence electrons. The van der Waals surface area contributed by atoms with Crippen LogP contribution >= 0.6 is 0 Å². The molecule has 1 aliphatic rings. The number of carbonyl (C=O) groups is 1. The minimum absolute atomic E-state index is 0.0673. The van der Waals surface area contributed by atoms with Gasteiger partial charge in [-0.25, -0.2) is 0 Å². The second-order valence-electron chi connectivity index (χ2n) is 6.96. The Hall–Kier alpha value is -3.39. The van der Waals surface area contributed by atoms with Gasteiger partial charge in [-0.2, -0.15) is 0 Å². The fourth-order valence-corrected chi connectivity index (χ4v) is 4.13. The molecule has 1 unspecified atom stereocenters. The third kappa shape index (κ3) is 2.61. The Morgan fingerprint density at radius 3 is 2.33 bits per heavy atom. The summed E-state index contributed by atoms with van der Waals surface area (Å²) < 4.78 is 0. The largest absolute Gasteiger partial charge is 0.307 e. The van der Waals surface area contributed by atoms with Crippen molar-refractivity contribution in [2.45, 2.75) is 5.92 Å². The SMILES string of the molecule is O=C(c1cccc2ccccc12)N1CC(c2ccccc2)c2ccccc21. The van der Waals surface area contributed by atoms with Gasteiger partial charge in [-0.3, -0.25) is 4.79 Å². The minimum atomic E-state index is 0.0673. The average Bonchev–Trinajstić information content (AvgIpc) is 3.13. The number of nitrogens with zero attached hydrogens (tertiary/aromatic N) is 1. The molecule has 1 atom stereocenters. The number of para-hydroxylation sites is 1. The van der Waals surface area contributed by atoms with E-state index in [9.17, 15) is 4.79 Å². The highest BCUT2D eigenvalue weighted by atomic mass is 16.2. The zero-order chi connectivity index (χ0) is 18.2. The summed E-state index contributed by atoms with van der Waals surface area (Å²) >= 11 is 0. The maximum Gasteiger partial charge on any atom is 0.258 e. The van der Waals surface area contributed by atoms with E-state index in [0.29, 0.717) is 6.54 Å². The van der Waals surface area contributed by atoms with Gasteiger partial charge < -0.3 is 4.90 Å². The molecule has 1 heterocycles. The molecule has 2 heteroatoms. The van der Waals surface area contributed by atoms with Crippen LogP contribution in [-0.2, 0) is 0 Å². The van der Waals surface area contributed by atoms with Gasteiger partial charge in [-0.05, 0) is 34.0 Å². The van der Waals surface area contributed by atoms with Crippen LogP contribution in [0.25, 0.3) is 10.8 Å². The van der Waals surface area contributed by atoms with Gasteiger partial charge in [0, 0.05) is 23.7 Å². The molecule has 0 bridgehead atoms. The van der Waals surface area contributed by atoms with Crippen LogP contribution in [0.1, 0.15) is 27.4 Å². The molecule has 0 aromatic heterocycles. The number of fused-ring (bicyclic) bond motifs is 2. The van der Waals surface area contributed by atoms with E-state index in [1.165, 1.54) is 11.1 Å². The predicted molar refractivity (Wildman–Crippen MR) is 110 cm³/mol. The Labute approximate surface area is 158 Å². The minimum Gasteiger partial charge on any atom is -0.307 e. The number of rotatable bonds is 2. The standard InChI is InChI=1S/C25H19NO/c27-25(22-15-8-12-18-11-4-5-13-20(18)22)26-17-23(19-9-2-1-3-10-19)21-14-6-7-16-24(21)26/h1-16,23H,17H2. The van der Waals surface area contributed by atoms with Crippen molar-refractivity contribution in [3.8, 4) is 0 Å². The molecule has 4 aromatic rings. The molecule has 4 aromatic carbocycles. The van der Waals surface area contributed by atoms with Crippen molar-refractivity contribution in [1.29, 1.82) is 0 Å². The number of hydrogen-bond acceptors (Lipinski definition) is 1. The van der Waals surface area contributed by atoms with Crippen LogP contribution in [-0.4, -0.2) is 12.5 Å². The maximum atomic E-state index is 13.5. The lowest BCUT2D eigenvalue weighted by Crippen LogP contribution is -2.30. The van der Waals surface area contributed by atoms with Crippen LogP contribution in [0.2, 0.25) is 0 Å². The van der Waals surface area contributed by atoms with Crippen molar-refractivity contribution in [3.05, 3.63) is 114 Å². The smallest absolute Gasteiger partial charge is 0.258 e. The second kappa shape index (κ2) is 6.40. The lowest BCUT2D eigenvalue weighted by Gasteiger charge is -2.19. The number of amides is 1. The number of benzene rings is 4. The first-order chi connectivity index (χ1) is 13.3. The van der Waals surface area contributed by atoms with E-state index in [4.69, 9.17) is 0 Å². The molecule has 0 spiro atoms. The molecule has 0 saturated heterocycles. The van der Waals surface area contributed by atoms with Crippen LogP contribution in [0.15, 0.2) is 97.1 Å². The van der Waals surface area contributed by atoms with E-state index in [1.54, 1.807) is 0 Å². The molecule has 0 saturated carbocycles. The van der Waals surface area contributed by atoms with E-state index in [2.05, 4.69) is 54.6 Å². The molecule has 27 heavy (non-hydrogen) atoms. The summed E-state index contributed by atoms with van der Waals surface area (Å²) in [7, 11) is 0. The summed E-state index contributed by atoms with van der Waals surface area (Å²) in [5.74, 6) is 0.277. The quantitative estimate of drug-likeness (QED) is 0.459. The van der Waals surface area contributed by atoms with Crippen molar-refractivity contribution in [3.63, 3.8) is 0 Å². The molecule has 0 N–H and O–H groups in total. The number of hydrogen-bond donors (Lipinski definition) is 0. The predicted octanol–water partition coefficient (Wildman–Crippen LogP) is 5.63. The Kier molecular flexibility index (Phi) is 3.75. The molecule has 0 fully saturated rings. The summed E-state index contributed by atoms with van der Waals surface area (Å²) in [6.07, 6.45) is 0. The summed E-state index contributed by atoms with van der Waals surface area (Å²) in [5, 5.41) is 2.10. The van der Waals surface area contributed by atoms with E-state index in [1.807, 2.05) is 47.4 Å². The Bertz CT molecular complexity index is 1130. The zero-order valence-corrected chi connectivity index (χ0v) is 14.9. The first-order valence-corrected chi connectivity index (χ1v) is 9.26. The lowest BCUT2D eigenvalue weighted by molar-refractivity contribution is 0.0990. The highest BCUT2D eigenvalue weighted by molar-refractivity contribution is 6.15. The third-order valence-corrected chi connectivity index (χ3v) is 5.44. The van der Waals surface area contributed by atoms with Crippen molar-refractivity contribution in [2.24, 2.45) is 0 Å². The molecular formula is C25H19NO. The van der Waals surface area contributed by atoms with Gasteiger partial charge in [-0.15, -0.1) is 0 Å². The first-order valence-electron chi connectivity index (χ1n) is 9.26. The van der Waals surface area contributed by atoms with E-state index < -0.39 is 0 Å². The monoisotopic (exact) mass is 349 g/mol. The molecule has 1 amide bonds. The summed E-state index contributed by atoms with van der Waals surface area (Å²) in [6.45, 7) is 0.672. The van der Waals surface area contributed by atoms with Crippen molar-refractivity contribution in [2.75, 3.05) is 11.4 Å². The van der Waals surface area contributed by atoms with Gasteiger partial charge >= 0.3 is 0 Å². The third-order valence-electron chi connectivity index (χ3n) is 5.44. The van der Waals surface area contributed by atoms with Gasteiger partial charge in [0.1, 0.15) is 0 Å². The number of anilines is 1. The summed E-state index contributed by atoms with van der Waals surface area (Å²) in [5.41, 5.74) is 4.25. The van der Waals surface area contributed by atoms with Gasteiger partial charge in [0.15, 0.2) is 0 Å². The highest BCUT2D eigenvalue weighted by Crippen LogP contribution is 2.41. The summed E-state index contributed by atoms with van der Waals surface area (Å²) in [4.78, 5) is 15.5. The Morgan fingerprint density at radius 2 is 1.44 bits per heavy atom. The van der Waals surface area contributed by atoms with Gasteiger partial charge in [0.2, 0.25) is 0 Å². The molecule has 0 aliphatic carbocycles. The number of carbonyl (C=O) groups excluding carboxylic acids is 1. The molecular weight excluding hydrogens is 330 g/mol. The van der Waals surface area contributed by atoms with Crippen molar-refractivity contribution >= 4 is 22.4 Å². The normalized spacial score (nSPS) is 15.7. The van der Waals surface area contributed by atoms with Crippen molar-refractivity contribution in [1.82, 2.24) is 0 Å². The van der Waals surface area contributed by atoms with Crippen LogP contribution in [0.3, 0.4) is 0 Å². The zero-order valence-electron chi connectivity index (χ0n) is 14.9. The lowest BCUT2D eigenvalue weighted by atomic mass is 9.93. The van der Waals surface area contributed by atoms with E-state index in [0.717, 1.165) is 22.0 Å². The van der Waals surface area contributed by atoms with Crippen LogP contribution < -0.4 is 4.90 Å². The van der Waals surface area contributed by atoms with Gasteiger partial charge in [0.05, 0.1) is 0 Å². The topological polar surface area (TPSA) is 20.3 Å². The molecule has 0 radical (unpaired) electrons. The fourth-order valence-electron chi connectivity index (χ4n) is 4.13. The Balaban J connectivity index is 1.60. The van der Waals surface area contributed by atoms with Gasteiger partial charge in [0.25, 0.3) is 5.91 Å².